The molecule has 2 aromatic carbocycles. The van der Waals surface area contributed by atoms with Gasteiger partial charge in [0.1, 0.15) is 0 Å². The van der Waals surface area contributed by atoms with E-state index in [0.29, 0.717) is 25.2 Å². The van der Waals surface area contributed by atoms with Crippen molar-refractivity contribution in [2.45, 2.75) is 17.4 Å². The first kappa shape index (κ1) is 18.1. The summed E-state index contributed by atoms with van der Waals surface area (Å²) in [6.45, 7) is 0.703. The first-order chi connectivity index (χ1) is 11.9. The van der Waals surface area contributed by atoms with Gasteiger partial charge in [-0.05, 0) is 42.8 Å². The Kier molecular flexibility index (Phi) is 5.24. The van der Waals surface area contributed by atoms with Gasteiger partial charge >= 0.3 is 0 Å². The fourth-order valence-corrected chi connectivity index (χ4v) is 4.65. The second-order valence-electron chi connectivity index (χ2n) is 5.90. The molecule has 25 heavy (non-hydrogen) atoms. The van der Waals surface area contributed by atoms with Gasteiger partial charge in [-0.25, -0.2) is 8.42 Å². The molecule has 1 aliphatic heterocycles. The van der Waals surface area contributed by atoms with Crippen LogP contribution in [0.1, 0.15) is 16.8 Å². The van der Waals surface area contributed by atoms with Gasteiger partial charge in [0.05, 0.1) is 4.90 Å². The predicted molar refractivity (Wildman–Crippen MR) is 99.9 cm³/mol. The molecule has 0 radical (unpaired) electrons. The van der Waals surface area contributed by atoms with Crippen LogP contribution in [0.5, 0.6) is 0 Å². The number of hydrogen-bond acceptors (Lipinski definition) is 4. The van der Waals surface area contributed by atoms with Gasteiger partial charge < -0.3 is 11.1 Å². The van der Waals surface area contributed by atoms with Crippen molar-refractivity contribution in [1.82, 2.24) is 4.31 Å². The molecule has 0 bridgehead atoms. The van der Waals surface area contributed by atoms with E-state index in [1.54, 1.807) is 30.3 Å². The Morgan fingerprint density at radius 2 is 1.96 bits per heavy atom. The smallest absolute Gasteiger partial charge is 0.255 e. The summed E-state index contributed by atoms with van der Waals surface area (Å²) < 4.78 is 27.6. The minimum atomic E-state index is -3.64. The van der Waals surface area contributed by atoms with E-state index in [1.165, 1.54) is 16.4 Å². The number of amides is 1. The molecular formula is C17H18BrN3O3S. The monoisotopic (exact) mass is 423 g/mol. The van der Waals surface area contributed by atoms with Crippen molar-refractivity contribution in [3.63, 3.8) is 0 Å². The van der Waals surface area contributed by atoms with Gasteiger partial charge in [0, 0.05) is 34.9 Å². The summed E-state index contributed by atoms with van der Waals surface area (Å²) in [5.41, 5.74) is 6.71. The zero-order valence-electron chi connectivity index (χ0n) is 13.4. The number of carbonyl (C=O) groups excluding carboxylic acids is 1. The van der Waals surface area contributed by atoms with Crippen LogP contribution in [0.2, 0.25) is 0 Å². The third kappa shape index (κ3) is 4.09. The summed E-state index contributed by atoms with van der Waals surface area (Å²) in [4.78, 5) is 12.5. The number of halogens is 1. The summed E-state index contributed by atoms with van der Waals surface area (Å²) in [6, 6.07) is 13.1. The Labute approximate surface area is 155 Å². The highest BCUT2D eigenvalue weighted by atomic mass is 79.9. The van der Waals surface area contributed by atoms with E-state index >= 15 is 0 Å². The number of nitrogens with zero attached hydrogens (tertiary/aromatic N) is 1. The van der Waals surface area contributed by atoms with E-state index in [9.17, 15) is 13.2 Å². The minimum Gasteiger partial charge on any atom is -0.326 e. The lowest BCUT2D eigenvalue weighted by molar-refractivity contribution is 0.102. The van der Waals surface area contributed by atoms with Crippen molar-refractivity contribution in [3.8, 4) is 0 Å². The molecule has 3 rings (SSSR count). The zero-order valence-corrected chi connectivity index (χ0v) is 15.8. The summed E-state index contributed by atoms with van der Waals surface area (Å²) in [5.74, 6) is -0.367. The Morgan fingerprint density at radius 3 is 2.64 bits per heavy atom. The molecule has 132 valence electrons. The molecule has 1 amide bonds. The summed E-state index contributed by atoms with van der Waals surface area (Å²) in [7, 11) is -3.64. The number of nitrogens with one attached hydrogen (secondary N) is 1. The Balaban J connectivity index is 1.82. The fraction of sp³-hybridized carbons (Fsp3) is 0.235. The molecule has 1 unspecified atom stereocenters. The van der Waals surface area contributed by atoms with Gasteiger partial charge in [0.15, 0.2) is 0 Å². The molecule has 8 heteroatoms. The predicted octanol–water partition coefficient (Wildman–Crippen LogP) is 2.42. The van der Waals surface area contributed by atoms with Crippen molar-refractivity contribution in [3.05, 3.63) is 58.6 Å². The number of carbonyl (C=O) groups is 1. The molecule has 1 fully saturated rings. The maximum atomic E-state index is 12.7. The molecule has 1 saturated heterocycles. The Bertz CT molecular complexity index is 902. The first-order valence-electron chi connectivity index (χ1n) is 7.79. The highest BCUT2D eigenvalue weighted by molar-refractivity contribution is 9.10. The lowest BCUT2D eigenvalue weighted by Gasteiger charge is -2.16. The molecule has 0 aromatic heterocycles. The van der Waals surface area contributed by atoms with Crippen LogP contribution >= 0.6 is 15.9 Å². The van der Waals surface area contributed by atoms with Crippen molar-refractivity contribution < 1.29 is 13.2 Å². The second-order valence-corrected chi connectivity index (χ2v) is 8.76. The third-order valence-corrected chi connectivity index (χ3v) is 6.36. The van der Waals surface area contributed by atoms with Crippen molar-refractivity contribution >= 4 is 37.5 Å². The average Bonchev–Trinajstić information content (AvgIpc) is 3.02. The molecule has 0 saturated carbocycles. The van der Waals surface area contributed by atoms with Crippen LogP contribution in [0.25, 0.3) is 0 Å². The maximum absolute atomic E-state index is 12.7. The van der Waals surface area contributed by atoms with Gasteiger partial charge in [-0.2, -0.15) is 4.31 Å². The highest BCUT2D eigenvalue weighted by Gasteiger charge is 2.31. The molecule has 3 N–H and O–H groups in total. The van der Waals surface area contributed by atoms with E-state index < -0.39 is 10.0 Å². The van der Waals surface area contributed by atoms with Crippen molar-refractivity contribution in [2.24, 2.45) is 5.73 Å². The van der Waals surface area contributed by atoms with Crippen LogP contribution in [0.4, 0.5) is 5.69 Å². The number of rotatable bonds is 4. The summed E-state index contributed by atoms with van der Waals surface area (Å²) in [6.07, 6.45) is 0.641. The van der Waals surface area contributed by atoms with Gasteiger partial charge in [0.25, 0.3) is 5.91 Å². The maximum Gasteiger partial charge on any atom is 0.255 e. The molecule has 1 aliphatic rings. The number of anilines is 1. The Hall–Kier alpha value is -1.74. The van der Waals surface area contributed by atoms with Gasteiger partial charge in [-0.3, -0.25) is 4.79 Å². The number of nitrogens with two attached hydrogens (primary N) is 1. The number of sulfonamides is 1. The lowest BCUT2D eigenvalue weighted by Crippen LogP contribution is -2.32. The van der Waals surface area contributed by atoms with E-state index in [4.69, 9.17) is 5.73 Å². The highest BCUT2D eigenvalue weighted by Crippen LogP contribution is 2.22. The van der Waals surface area contributed by atoms with E-state index in [2.05, 4.69) is 21.2 Å². The molecule has 1 heterocycles. The fourth-order valence-electron chi connectivity index (χ4n) is 2.69. The molecule has 6 nitrogen and oxygen atoms in total. The number of benzene rings is 2. The van der Waals surface area contributed by atoms with Crippen LogP contribution in [-0.2, 0) is 10.0 Å². The second kappa shape index (κ2) is 7.25. The lowest BCUT2D eigenvalue weighted by atomic mass is 10.2. The molecule has 1 atom stereocenters. The van der Waals surface area contributed by atoms with Gasteiger partial charge in [-0.15, -0.1) is 0 Å². The minimum absolute atomic E-state index is 0.100. The first-order valence-corrected chi connectivity index (χ1v) is 10.0. The quantitative estimate of drug-likeness (QED) is 0.789. The average molecular weight is 424 g/mol. The summed E-state index contributed by atoms with van der Waals surface area (Å²) >= 11 is 3.34. The zero-order chi connectivity index (χ0) is 18.0. The van der Waals surface area contributed by atoms with Crippen LogP contribution in [0, 0.1) is 0 Å². The van der Waals surface area contributed by atoms with Crippen LogP contribution in [-0.4, -0.2) is 37.8 Å². The van der Waals surface area contributed by atoms with Gasteiger partial charge in [0.2, 0.25) is 10.0 Å². The van der Waals surface area contributed by atoms with Crippen LogP contribution < -0.4 is 11.1 Å². The SMILES string of the molecule is NC1CCN(S(=O)(=O)c2cccc(C(=O)Nc3cccc(Br)c3)c2)C1. The van der Waals surface area contributed by atoms with Crippen molar-refractivity contribution in [1.29, 1.82) is 0 Å². The third-order valence-electron chi connectivity index (χ3n) is 4.00. The molecule has 0 aliphatic carbocycles. The molecule has 0 spiro atoms. The van der Waals surface area contributed by atoms with E-state index in [-0.39, 0.29) is 22.4 Å². The molecular weight excluding hydrogens is 406 g/mol. The van der Waals surface area contributed by atoms with Gasteiger partial charge in [-0.1, -0.05) is 28.1 Å². The van der Waals surface area contributed by atoms with Crippen LogP contribution in [0.15, 0.2) is 57.9 Å². The van der Waals surface area contributed by atoms with Crippen molar-refractivity contribution in [2.75, 3.05) is 18.4 Å². The molecule has 2 aromatic rings. The number of hydrogen-bond donors (Lipinski definition) is 2. The normalized spacial score (nSPS) is 18.2. The topological polar surface area (TPSA) is 92.5 Å². The van der Waals surface area contributed by atoms with E-state index in [0.717, 1.165) is 4.47 Å². The van der Waals surface area contributed by atoms with E-state index in [1.807, 2.05) is 6.07 Å². The largest absolute Gasteiger partial charge is 0.326 e. The Morgan fingerprint density at radius 1 is 1.20 bits per heavy atom. The standard InChI is InChI=1S/C17H18BrN3O3S/c18-13-4-2-5-15(10-13)20-17(22)12-3-1-6-16(9-12)25(23,24)21-8-7-14(19)11-21/h1-6,9-10,14H,7-8,11,19H2,(H,20,22). The summed E-state index contributed by atoms with van der Waals surface area (Å²) in [5, 5.41) is 2.76. The van der Waals surface area contributed by atoms with Crippen LogP contribution in [0.3, 0.4) is 0 Å².